The molecule has 2 aromatic rings. The molecule has 0 bridgehead atoms. The van der Waals surface area contributed by atoms with Crippen LogP contribution >= 0.6 is 27.3 Å². The van der Waals surface area contributed by atoms with Gasteiger partial charge in [0.25, 0.3) is 0 Å². The summed E-state index contributed by atoms with van der Waals surface area (Å²) >= 11 is 5.06. The molecule has 2 rings (SSSR count). The largest absolute Gasteiger partial charge is 0.453 e. The van der Waals surface area contributed by atoms with Crippen molar-refractivity contribution in [3.8, 4) is 0 Å². The average Bonchev–Trinajstić information content (AvgIpc) is 2.84. The Labute approximate surface area is 101 Å². The van der Waals surface area contributed by atoms with E-state index in [2.05, 4.69) is 45.7 Å². The van der Waals surface area contributed by atoms with Crippen molar-refractivity contribution in [2.24, 2.45) is 0 Å². The number of furan rings is 1. The van der Waals surface area contributed by atoms with Gasteiger partial charge in [-0.15, -0.1) is 11.3 Å². The van der Waals surface area contributed by atoms with E-state index < -0.39 is 0 Å². The first-order chi connectivity index (χ1) is 7.25. The van der Waals surface area contributed by atoms with E-state index in [1.54, 1.807) is 11.3 Å². The van der Waals surface area contributed by atoms with Crippen LogP contribution in [0.5, 0.6) is 0 Å². The first-order valence-corrected chi connectivity index (χ1v) is 6.44. The molecule has 15 heavy (non-hydrogen) atoms. The zero-order chi connectivity index (χ0) is 10.7. The van der Waals surface area contributed by atoms with Gasteiger partial charge in [-0.3, -0.25) is 0 Å². The highest BCUT2D eigenvalue weighted by atomic mass is 79.9. The lowest BCUT2D eigenvalue weighted by molar-refractivity contribution is 0.419. The Balaban J connectivity index is 1.90. The van der Waals surface area contributed by atoms with E-state index in [0.717, 1.165) is 17.0 Å². The summed E-state index contributed by atoms with van der Waals surface area (Å²) in [4.78, 5) is 1.34. The van der Waals surface area contributed by atoms with Crippen LogP contribution in [0.1, 0.15) is 23.6 Å². The molecule has 2 nitrogen and oxygen atoms in total. The minimum atomic E-state index is 0.235. The average molecular weight is 286 g/mol. The van der Waals surface area contributed by atoms with Gasteiger partial charge >= 0.3 is 0 Å². The van der Waals surface area contributed by atoms with Gasteiger partial charge in [0, 0.05) is 11.4 Å². The first-order valence-electron chi connectivity index (χ1n) is 4.76. The fourth-order valence-corrected chi connectivity index (χ4v) is 2.30. The molecule has 0 aliphatic heterocycles. The van der Waals surface area contributed by atoms with E-state index in [0.29, 0.717) is 0 Å². The van der Waals surface area contributed by atoms with Gasteiger partial charge < -0.3 is 9.73 Å². The molecule has 80 valence electrons. The predicted octanol–water partition coefficient (Wildman–Crippen LogP) is 3.95. The van der Waals surface area contributed by atoms with Gasteiger partial charge in [-0.1, -0.05) is 6.07 Å². The molecule has 1 unspecified atom stereocenters. The van der Waals surface area contributed by atoms with Crippen LogP contribution in [0.15, 0.2) is 38.7 Å². The van der Waals surface area contributed by atoms with Crippen molar-refractivity contribution < 1.29 is 4.42 Å². The highest BCUT2D eigenvalue weighted by molar-refractivity contribution is 9.10. The van der Waals surface area contributed by atoms with Crippen molar-refractivity contribution in [1.82, 2.24) is 5.32 Å². The molecular weight excluding hydrogens is 274 g/mol. The Hall–Kier alpha value is -0.580. The minimum absolute atomic E-state index is 0.235. The minimum Gasteiger partial charge on any atom is -0.453 e. The SMILES string of the molecule is CC(NCc1cccs1)c1ccc(Br)o1. The Morgan fingerprint density at radius 3 is 2.93 bits per heavy atom. The molecule has 2 aromatic heterocycles. The van der Waals surface area contributed by atoms with Crippen LogP contribution < -0.4 is 5.32 Å². The smallest absolute Gasteiger partial charge is 0.169 e. The topological polar surface area (TPSA) is 25.2 Å². The van der Waals surface area contributed by atoms with Crippen LogP contribution in [-0.4, -0.2) is 0 Å². The summed E-state index contributed by atoms with van der Waals surface area (Å²) in [7, 11) is 0. The summed E-state index contributed by atoms with van der Waals surface area (Å²) in [6.07, 6.45) is 0. The van der Waals surface area contributed by atoms with Crippen molar-refractivity contribution in [1.29, 1.82) is 0 Å². The summed E-state index contributed by atoms with van der Waals surface area (Å²) in [5, 5.41) is 5.50. The second-order valence-electron chi connectivity index (χ2n) is 3.32. The van der Waals surface area contributed by atoms with Gasteiger partial charge in [-0.25, -0.2) is 0 Å². The number of thiophene rings is 1. The van der Waals surface area contributed by atoms with Crippen molar-refractivity contribution >= 4 is 27.3 Å². The molecule has 1 N–H and O–H groups in total. The second kappa shape index (κ2) is 4.96. The Kier molecular flexibility index (Phi) is 3.61. The van der Waals surface area contributed by atoms with Gasteiger partial charge in [0.15, 0.2) is 4.67 Å². The number of halogens is 1. The van der Waals surface area contributed by atoms with E-state index in [4.69, 9.17) is 4.42 Å². The van der Waals surface area contributed by atoms with E-state index in [-0.39, 0.29) is 6.04 Å². The maximum atomic E-state index is 5.47. The molecule has 0 fully saturated rings. The second-order valence-corrected chi connectivity index (χ2v) is 5.14. The molecule has 0 aliphatic carbocycles. The van der Waals surface area contributed by atoms with Crippen LogP contribution in [0.4, 0.5) is 0 Å². The lowest BCUT2D eigenvalue weighted by Gasteiger charge is -2.09. The molecule has 0 radical (unpaired) electrons. The van der Waals surface area contributed by atoms with Gasteiger partial charge in [-0.2, -0.15) is 0 Å². The maximum Gasteiger partial charge on any atom is 0.169 e. The fraction of sp³-hybridized carbons (Fsp3) is 0.273. The van der Waals surface area contributed by atoms with Gasteiger partial charge in [0.1, 0.15) is 5.76 Å². The molecule has 0 aromatic carbocycles. The quantitative estimate of drug-likeness (QED) is 0.920. The highest BCUT2D eigenvalue weighted by Gasteiger charge is 2.08. The molecule has 0 saturated heterocycles. The summed E-state index contributed by atoms with van der Waals surface area (Å²) in [6, 6.07) is 8.33. The molecule has 0 saturated carbocycles. The highest BCUT2D eigenvalue weighted by Crippen LogP contribution is 2.20. The Morgan fingerprint density at radius 1 is 1.47 bits per heavy atom. The molecule has 0 amide bonds. The molecule has 4 heteroatoms. The fourth-order valence-electron chi connectivity index (χ4n) is 1.33. The van der Waals surface area contributed by atoms with Gasteiger partial charge in [0.05, 0.1) is 6.04 Å². The summed E-state index contributed by atoms with van der Waals surface area (Å²) < 4.78 is 6.25. The van der Waals surface area contributed by atoms with Crippen LogP contribution in [0, 0.1) is 0 Å². The third kappa shape index (κ3) is 2.93. The Morgan fingerprint density at radius 2 is 2.33 bits per heavy atom. The number of rotatable bonds is 4. The first kappa shape index (κ1) is 10.9. The number of nitrogens with one attached hydrogen (secondary N) is 1. The van der Waals surface area contributed by atoms with Crippen LogP contribution in [0.2, 0.25) is 0 Å². The Bertz CT molecular complexity index is 410. The molecule has 2 heterocycles. The van der Waals surface area contributed by atoms with Crippen molar-refractivity contribution in [3.05, 3.63) is 45.0 Å². The van der Waals surface area contributed by atoms with Crippen molar-refractivity contribution in [3.63, 3.8) is 0 Å². The van der Waals surface area contributed by atoms with E-state index >= 15 is 0 Å². The molecule has 1 atom stereocenters. The van der Waals surface area contributed by atoms with Crippen molar-refractivity contribution in [2.75, 3.05) is 0 Å². The standard InChI is InChI=1S/C11H12BrNOS/c1-8(10-4-5-11(12)14-10)13-7-9-3-2-6-15-9/h2-6,8,13H,7H2,1H3. The predicted molar refractivity (Wildman–Crippen MR) is 66.0 cm³/mol. The molecular formula is C11H12BrNOS. The summed E-state index contributed by atoms with van der Waals surface area (Å²) in [5.41, 5.74) is 0. The third-order valence-electron chi connectivity index (χ3n) is 2.18. The van der Waals surface area contributed by atoms with Gasteiger partial charge in [0.2, 0.25) is 0 Å². The van der Waals surface area contributed by atoms with Crippen LogP contribution in [0.3, 0.4) is 0 Å². The lowest BCUT2D eigenvalue weighted by Crippen LogP contribution is -2.16. The van der Waals surface area contributed by atoms with E-state index in [9.17, 15) is 0 Å². The number of hydrogen-bond acceptors (Lipinski definition) is 3. The molecule has 0 spiro atoms. The van der Waals surface area contributed by atoms with Gasteiger partial charge in [-0.05, 0) is 46.4 Å². The molecule has 0 aliphatic rings. The summed E-state index contributed by atoms with van der Waals surface area (Å²) in [5.74, 6) is 0.957. The maximum absolute atomic E-state index is 5.47. The van der Waals surface area contributed by atoms with Crippen LogP contribution in [0.25, 0.3) is 0 Å². The lowest BCUT2D eigenvalue weighted by atomic mass is 10.2. The monoisotopic (exact) mass is 285 g/mol. The van der Waals surface area contributed by atoms with Crippen molar-refractivity contribution in [2.45, 2.75) is 19.5 Å². The number of hydrogen-bond donors (Lipinski definition) is 1. The van der Waals surface area contributed by atoms with E-state index in [1.807, 2.05) is 12.1 Å². The zero-order valence-electron chi connectivity index (χ0n) is 8.37. The normalized spacial score (nSPS) is 12.9. The van der Waals surface area contributed by atoms with E-state index in [1.165, 1.54) is 4.88 Å². The zero-order valence-corrected chi connectivity index (χ0v) is 10.8. The third-order valence-corrected chi connectivity index (χ3v) is 3.49. The summed E-state index contributed by atoms with van der Waals surface area (Å²) in [6.45, 7) is 2.98. The van der Waals surface area contributed by atoms with Crippen LogP contribution in [-0.2, 0) is 6.54 Å².